The molecule has 1 saturated carbocycles. The van der Waals surface area contributed by atoms with Gasteiger partial charge in [-0.3, -0.25) is 4.79 Å². The molecule has 1 aromatic rings. The van der Waals surface area contributed by atoms with Crippen LogP contribution in [0.5, 0.6) is 0 Å². The van der Waals surface area contributed by atoms with E-state index in [9.17, 15) is 4.79 Å². The van der Waals surface area contributed by atoms with E-state index >= 15 is 0 Å². The van der Waals surface area contributed by atoms with Crippen LogP contribution in [0.15, 0.2) is 24.3 Å². The van der Waals surface area contributed by atoms with Gasteiger partial charge >= 0.3 is 0 Å². The molecule has 3 nitrogen and oxygen atoms in total. The minimum absolute atomic E-state index is 0.155. The number of anilines is 1. The van der Waals surface area contributed by atoms with Crippen LogP contribution in [0.3, 0.4) is 0 Å². The molecular formula is C17H24N2O. The van der Waals surface area contributed by atoms with Crippen molar-refractivity contribution in [3.05, 3.63) is 29.8 Å². The van der Waals surface area contributed by atoms with Gasteiger partial charge in [-0.25, -0.2) is 0 Å². The predicted molar refractivity (Wildman–Crippen MR) is 81.8 cm³/mol. The zero-order valence-electron chi connectivity index (χ0n) is 12.5. The molecule has 1 aromatic carbocycles. The minimum atomic E-state index is -0.155. The number of benzene rings is 1. The fourth-order valence-electron chi connectivity index (χ4n) is 3.89. The number of carbonyl (C=O) groups excluding carboxylic acids is 1. The van der Waals surface area contributed by atoms with Crippen molar-refractivity contribution in [2.75, 3.05) is 25.0 Å². The van der Waals surface area contributed by atoms with E-state index in [0.717, 1.165) is 25.2 Å². The number of hydrogen-bond donors (Lipinski definition) is 1. The Bertz CT molecular complexity index is 496. The Labute approximate surface area is 121 Å². The lowest BCUT2D eigenvalue weighted by Crippen LogP contribution is -2.48. The molecule has 0 unspecified atom stereocenters. The summed E-state index contributed by atoms with van der Waals surface area (Å²) >= 11 is 0. The number of aryl methyl sites for hydroxylation is 1. The monoisotopic (exact) mass is 272 g/mol. The first-order valence-electron chi connectivity index (χ1n) is 7.69. The van der Waals surface area contributed by atoms with Crippen molar-refractivity contribution in [1.82, 2.24) is 5.32 Å². The van der Waals surface area contributed by atoms with Crippen LogP contribution in [0.25, 0.3) is 0 Å². The summed E-state index contributed by atoms with van der Waals surface area (Å²) in [6.45, 7) is 3.93. The summed E-state index contributed by atoms with van der Waals surface area (Å²) in [6.07, 6.45) is 4.70. The molecule has 1 N–H and O–H groups in total. The van der Waals surface area contributed by atoms with Gasteiger partial charge in [0.05, 0.1) is 5.41 Å². The zero-order chi connectivity index (χ0) is 14.2. The van der Waals surface area contributed by atoms with Crippen molar-refractivity contribution < 1.29 is 4.79 Å². The Morgan fingerprint density at radius 1 is 1.30 bits per heavy atom. The smallest absolute Gasteiger partial charge is 0.234 e. The SMILES string of the molecule is Cc1ccc(N(C)C(=O)[C@@]23CCCC[C@H]2CNC3)cc1. The van der Waals surface area contributed by atoms with Crippen molar-refractivity contribution in [1.29, 1.82) is 0 Å². The van der Waals surface area contributed by atoms with E-state index in [4.69, 9.17) is 0 Å². The molecule has 0 aromatic heterocycles. The van der Waals surface area contributed by atoms with Crippen molar-refractivity contribution >= 4 is 11.6 Å². The van der Waals surface area contributed by atoms with E-state index in [1.54, 1.807) is 0 Å². The maximum absolute atomic E-state index is 13.1. The number of carbonyl (C=O) groups is 1. The standard InChI is InChI=1S/C17H24N2O/c1-13-6-8-15(9-7-13)19(2)16(20)17-10-4-3-5-14(17)11-18-12-17/h6-9,14,18H,3-5,10-12H2,1-2H3/t14-,17+/m0/s1. The van der Waals surface area contributed by atoms with Gasteiger partial charge in [0.1, 0.15) is 0 Å². The number of rotatable bonds is 2. The second-order valence-corrected chi connectivity index (χ2v) is 6.43. The Kier molecular flexibility index (Phi) is 3.55. The Balaban J connectivity index is 1.85. The van der Waals surface area contributed by atoms with Crippen molar-refractivity contribution in [3.8, 4) is 0 Å². The lowest BCUT2D eigenvalue weighted by Gasteiger charge is -2.39. The highest BCUT2D eigenvalue weighted by atomic mass is 16.2. The van der Waals surface area contributed by atoms with Crippen LogP contribution in [0.2, 0.25) is 0 Å². The highest BCUT2D eigenvalue weighted by molar-refractivity contribution is 5.98. The first-order valence-corrected chi connectivity index (χ1v) is 7.69. The van der Waals surface area contributed by atoms with Gasteiger partial charge in [-0.05, 0) is 44.4 Å². The Morgan fingerprint density at radius 2 is 2.05 bits per heavy atom. The van der Waals surface area contributed by atoms with E-state index in [1.807, 2.05) is 24.1 Å². The number of amides is 1. The molecule has 1 aliphatic heterocycles. The quantitative estimate of drug-likeness (QED) is 0.898. The van der Waals surface area contributed by atoms with Crippen LogP contribution in [0, 0.1) is 18.3 Å². The molecular weight excluding hydrogens is 248 g/mol. The molecule has 1 aliphatic carbocycles. The molecule has 3 rings (SSSR count). The summed E-state index contributed by atoms with van der Waals surface area (Å²) in [6, 6.07) is 8.23. The van der Waals surface area contributed by atoms with Crippen LogP contribution in [-0.2, 0) is 4.79 Å². The summed E-state index contributed by atoms with van der Waals surface area (Å²) in [5.74, 6) is 0.827. The summed E-state index contributed by atoms with van der Waals surface area (Å²) in [4.78, 5) is 14.9. The first-order chi connectivity index (χ1) is 9.63. The third kappa shape index (κ3) is 2.14. The van der Waals surface area contributed by atoms with Crippen molar-refractivity contribution in [2.24, 2.45) is 11.3 Å². The molecule has 0 bridgehead atoms. The summed E-state index contributed by atoms with van der Waals surface area (Å²) in [5, 5.41) is 3.45. The Hall–Kier alpha value is -1.35. The van der Waals surface area contributed by atoms with Gasteiger partial charge in [0, 0.05) is 19.3 Å². The average Bonchev–Trinajstić information content (AvgIpc) is 2.91. The summed E-state index contributed by atoms with van der Waals surface area (Å²) in [5.41, 5.74) is 2.08. The highest BCUT2D eigenvalue weighted by Gasteiger charge is 2.51. The molecule has 1 saturated heterocycles. The number of nitrogens with one attached hydrogen (secondary N) is 1. The van der Waals surface area contributed by atoms with Gasteiger partial charge in [0.25, 0.3) is 0 Å². The fraction of sp³-hybridized carbons (Fsp3) is 0.588. The second-order valence-electron chi connectivity index (χ2n) is 6.43. The molecule has 1 amide bonds. The average molecular weight is 272 g/mol. The number of fused-ring (bicyclic) bond motifs is 1. The van der Waals surface area contributed by atoms with Crippen molar-refractivity contribution in [2.45, 2.75) is 32.6 Å². The van der Waals surface area contributed by atoms with E-state index in [2.05, 4.69) is 24.4 Å². The Morgan fingerprint density at radius 3 is 2.80 bits per heavy atom. The minimum Gasteiger partial charge on any atom is -0.315 e. The third-order valence-corrected chi connectivity index (χ3v) is 5.19. The predicted octanol–water partition coefficient (Wildman–Crippen LogP) is 2.74. The maximum atomic E-state index is 13.1. The van der Waals surface area contributed by atoms with Gasteiger partial charge < -0.3 is 10.2 Å². The van der Waals surface area contributed by atoms with Crippen molar-refractivity contribution in [3.63, 3.8) is 0 Å². The molecule has 2 atom stereocenters. The van der Waals surface area contributed by atoms with Gasteiger partial charge in [0.15, 0.2) is 0 Å². The molecule has 3 heteroatoms. The molecule has 0 radical (unpaired) electrons. The molecule has 1 heterocycles. The van der Waals surface area contributed by atoms with Gasteiger partial charge in [-0.15, -0.1) is 0 Å². The lowest BCUT2D eigenvalue weighted by atomic mass is 9.67. The summed E-state index contributed by atoms with van der Waals surface area (Å²) < 4.78 is 0. The van der Waals surface area contributed by atoms with E-state index in [-0.39, 0.29) is 5.41 Å². The fourth-order valence-corrected chi connectivity index (χ4v) is 3.89. The van der Waals surface area contributed by atoms with Crippen LogP contribution in [0.4, 0.5) is 5.69 Å². The van der Waals surface area contributed by atoms with Crippen LogP contribution in [-0.4, -0.2) is 26.0 Å². The van der Waals surface area contributed by atoms with Gasteiger partial charge in [-0.2, -0.15) is 0 Å². The zero-order valence-corrected chi connectivity index (χ0v) is 12.5. The van der Waals surface area contributed by atoms with Gasteiger partial charge in [-0.1, -0.05) is 30.5 Å². The largest absolute Gasteiger partial charge is 0.315 e. The molecule has 2 aliphatic rings. The van der Waals surface area contributed by atoms with E-state index < -0.39 is 0 Å². The summed E-state index contributed by atoms with van der Waals surface area (Å²) in [7, 11) is 1.92. The topological polar surface area (TPSA) is 32.3 Å². The maximum Gasteiger partial charge on any atom is 0.234 e. The normalized spacial score (nSPS) is 29.0. The second kappa shape index (κ2) is 5.21. The number of nitrogens with zero attached hydrogens (tertiary/aromatic N) is 1. The van der Waals surface area contributed by atoms with E-state index in [1.165, 1.54) is 24.8 Å². The third-order valence-electron chi connectivity index (χ3n) is 5.19. The van der Waals surface area contributed by atoms with Crippen LogP contribution in [0.1, 0.15) is 31.2 Å². The molecule has 0 spiro atoms. The van der Waals surface area contributed by atoms with Gasteiger partial charge in [0.2, 0.25) is 5.91 Å². The molecule has 108 valence electrons. The molecule has 2 fully saturated rings. The van der Waals surface area contributed by atoms with Crippen LogP contribution >= 0.6 is 0 Å². The number of hydrogen-bond acceptors (Lipinski definition) is 2. The van der Waals surface area contributed by atoms with E-state index in [0.29, 0.717) is 11.8 Å². The first kappa shape index (κ1) is 13.6. The van der Waals surface area contributed by atoms with Crippen LogP contribution < -0.4 is 10.2 Å². The molecule has 20 heavy (non-hydrogen) atoms. The lowest BCUT2D eigenvalue weighted by molar-refractivity contribution is -0.130. The highest BCUT2D eigenvalue weighted by Crippen LogP contribution is 2.45.